The Kier molecular flexibility index (Phi) is 5.85. The van der Waals surface area contributed by atoms with E-state index in [0.29, 0.717) is 31.6 Å². The molecule has 3 heterocycles. The van der Waals surface area contributed by atoms with E-state index in [1.165, 1.54) is 0 Å². The minimum absolute atomic E-state index is 0.0177. The standard InChI is InChI=1S/C29H41F2N5O2/c1-18(2)27-34-33-19(3)36(27)24-16-22-6-7-23(17-24)35(22)15-12-26(20-4-8-25(37)9-5-20)32-28(38)21-10-13-29(30,31)14-11-21/h4-5,8-9,18,21-24,26,37H,6-7,10-17H2,1-3H3,(H,32,38)/t22?,23?,24?,26-/m0/s1/i1D3,2D3. The van der Waals surface area contributed by atoms with E-state index in [4.69, 9.17) is 8.22 Å². The molecule has 2 N–H and O–H groups in total. The molecule has 2 aromatic rings. The molecule has 3 aliphatic rings. The van der Waals surface area contributed by atoms with Gasteiger partial charge in [0.15, 0.2) is 0 Å². The van der Waals surface area contributed by atoms with Crippen LogP contribution in [0.5, 0.6) is 5.75 Å². The number of alkyl halides is 2. The summed E-state index contributed by atoms with van der Waals surface area (Å²) < 4.78 is 76.8. The molecular formula is C29H41F2N5O2. The second-order valence-electron chi connectivity index (χ2n) is 11.2. The van der Waals surface area contributed by atoms with Crippen molar-refractivity contribution in [3.63, 3.8) is 0 Å². The van der Waals surface area contributed by atoms with Crippen molar-refractivity contribution in [1.29, 1.82) is 0 Å². The first kappa shape index (κ1) is 20.4. The highest BCUT2D eigenvalue weighted by molar-refractivity contribution is 5.79. The van der Waals surface area contributed by atoms with Crippen LogP contribution in [0.3, 0.4) is 0 Å². The number of carbonyl (C=O) groups excluding carboxylic acids is 1. The van der Waals surface area contributed by atoms with Gasteiger partial charge in [0.05, 0.1) is 6.04 Å². The number of nitrogens with zero attached hydrogens (tertiary/aromatic N) is 4. The Labute approximate surface area is 232 Å². The van der Waals surface area contributed by atoms with Gasteiger partial charge in [-0.3, -0.25) is 9.69 Å². The topological polar surface area (TPSA) is 83.3 Å². The van der Waals surface area contributed by atoms with Crippen LogP contribution < -0.4 is 5.32 Å². The number of aryl methyl sites for hydroxylation is 1. The van der Waals surface area contributed by atoms with E-state index in [1.807, 2.05) is 0 Å². The highest BCUT2D eigenvalue weighted by Crippen LogP contribution is 2.42. The molecule has 1 aliphatic carbocycles. The molecule has 0 spiro atoms. The molecule has 9 heteroatoms. The number of phenolic OH excluding ortho intramolecular Hbond substituents is 1. The third-order valence-corrected chi connectivity index (χ3v) is 8.75. The summed E-state index contributed by atoms with van der Waals surface area (Å²) in [6, 6.07) is 6.49. The smallest absolute Gasteiger partial charge is 0.248 e. The van der Waals surface area contributed by atoms with E-state index < -0.39 is 31.5 Å². The molecule has 1 aromatic carbocycles. The van der Waals surface area contributed by atoms with Crippen LogP contribution in [0, 0.1) is 12.8 Å². The molecule has 1 aromatic heterocycles. The molecule has 2 unspecified atom stereocenters. The molecule has 5 rings (SSSR count). The van der Waals surface area contributed by atoms with Gasteiger partial charge in [-0.2, -0.15) is 0 Å². The van der Waals surface area contributed by atoms with Crippen molar-refractivity contribution >= 4 is 5.91 Å². The van der Waals surface area contributed by atoms with Crippen molar-refractivity contribution < 1.29 is 26.9 Å². The Hall–Kier alpha value is -2.55. The number of nitrogens with one attached hydrogen (secondary N) is 1. The Morgan fingerprint density at radius 2 is 1.76 bits per heavy atom. The quantitative estimate of drug-likeness (QED) is 0.456. The van der Waals surface area contributed by atoms with E-state index in [1.54, 1.807) is 35.8 Å². The molecule has 2 saturated heterocycles. The Morgan fingerprint density at radius 3 is 2.39 bits per heavy atom. The minimum atomic E-state index is -2.77. The minimum Gasteiger partial charge on any atom is -0.508 e. The zero-order valence-electron chi connectivity index (χ0n) is 27.7. The number of carbonyl (C=O) groups is 1. The Balaban J connectivity index is 1.29. The normalized spacial score (nSPS) is 29.5. The van der Waals surface area contributed by atoms with Crippen LogP contribution in [-0.4, -0.2) is 55.2 Å². The number of hydrogen-bond acceptors (Lipinski definition) is 5. The number of hydrogen-bond donors (Lipinski definition) is 2. The zero-order chi connectivity index (χ0) is 32.0. The first-order chi connectivity index (χ1) is 20.5. The summed E-state index contributed by atoms with van der Waals surface area (Å²) in [5.74, 6) is -4.56. The van der Waals surface area contributed by atoms with Crippen LogP contribution in [0.1, 0.15) is 115 Å². The van der Waals surface area contributed by atoms with Gasteiger partial charge in [-0.1, -0.05) is 25.8 Å². The summed E-state index contributed by atoms with van der Waals surface area (Å²) in [5.41, 5.74) is 0.824. The summed E-state index contributed by atoms with van der Waals surface area (Å²) in [6.07, 6.45) is 3.53. The lowest BCUT2D eigenvalue weighted by Gasteiger charge is -2.40. The summed E-state index contributed by atoms with van der Waals surface area (Å²) >= 11 is 0. The SMILES string of the molecule is [2H]C([2H])([2H])C(c1nnc(C)n1C1CC2CCC(C1)N2CC[C@H](NC(=O)C1CCC(F)(F)CC1)c1ccc(O)cc1)C([2H])([2H])[2H]. The third-order valence-electron chi connectivity index (χ3n) is 8.75. The highest BCUT2D eigenvalue weighted by Gasteiger charge is 2.42. The molecule has 3 atom stereocenters. The molecule has 2 aliphatic heterocycles. The zero-order valence-corrected chi connectivity index (χ0v) is 21.7. The predicted molar refractivity (Wildman–Crippen MR) is 141 cm³/mol. The number of aromatic nitrogens is 3. The molecule has 7 nitrogen and oxygen atoms in total. The molecule has 3 fully saturated rings. The van der Waals surface area contributed by atoms with Gasteiger partial charge in [0.25, 0.3) is 0 Å². The number of amides is 1. The molecule has 2 bridgehead atoms. The molecule has 0 radical (unpaired) electrons. The van der Waals surface area contributed by atoms with Crippen LogP contribution in [-0.2, 0) is 4.79 Å². The van der Waals surface area contributed by atoms with Crippen molar-refractivity contribution in [2.45, 2.75) is 114 Å². The Morgan fingerprint density at radius 1 is 1.11 bits per heavy atom. The van der Waals surface area contributed by atoms with Crippen molar-refractivity contribution in [3.05, 3.63) is 41.5 Å². The fourth-order valence-electron chi connectivity index (χ4n) is 6.75. The second kappa shape index (κ2) is 10.9. The predicted octanol–water partition coefficient (Wildman–Crippen LogP) is 5.66. The average molecular weight is 536 g/mol. The highest BCUT2D eigenvalue weighted by atomic mass is 19.3. The fourth-order valence-corrected chi connectivity index (χ4v) is 6.75. The molecule has 1 amide bonds. The van der Waals surface area contributed by atoms with E-state index in [-0.39, 0.29) is 67.3 Å². The van der Waals surface area contributed by atoms with Crippen LogP contribution in [0.2, 0.25) is 0 Å². The average Bonchev–Trinajstić information content (AvgIpc) is 3.39. The Bertz CT molecular complexity index is 1280. The lowest BCUT2D eigenvalue weighted by atomic mass is 9.86. The van der Waals surface area contributed by atoms with E-state index in [9.17, 15) is 18.7 Å². The van der Waals surface area contributed by atoms with Crippen molar-refractivity contribution in [2.24, 2.45) is 5.92 Å². The first-order valence-corrected chi connectivity index (χ1v) is 13.7. The number of fused-ring (bicyclic) bond motifs is 2. The molecule has 208 valence electrons. The number of aromatic hydroxyl groups is 1. The second-order valence-corrected chi connectivity index (χ2v) is 11.2. The van der Waals surface area contributed by atoms with Crippen LogP contribution in [0.25, 0.3) is 0 Å². The first-order valence-electron chi connectivity index (χ1n) is 16.7. The number of phenols is 1. The molecule has 38 heavy (non-hydrogen) atoms. The van der Waals surface area contributed by atoms with Crippen LogP contribution >= 0.6 is 0 Å². The number of halogens is 2. The van der Waals surface area contributed by atoms with Crippen LogP contribution in [0.4, 0.5) is 8.78 Å². The van der Waals surface area contributed by atoms with E-state index in [0.717, 1.165) is 18.4 Å². The number of benzene rings is 1. The van der Waals surface area contributed by atoms with Gasteiger partial charge in [0.1, 0.15) is 17.4 Å². The van der Waals surface area contributed by atoms with Gasteiger partial charge in [0.2, 0.25) is 11.8 Å². The van der Waals surface area contributed by atoms with Crippen molar-refractivity contribution in [3.8, 4) is 5.75 Å². The molecule has 1 saturated carbocycles. The van der Waals surface area contributed by atoms with Gasteiger partial charge >= 0.3 is 0 Å². The number of piperidine rings is 1. The lowest BCUT2D eigenvalue weighted by Crippen LogP contribution is -2.45. The number of rotatable bonds is 8. The maximum atomic E-state index is 13.7. The maximum Gasteiger partial charge on any atom is 0.248 e. The van der Waals surface area contributed by atoms with Gasteiger partial charge in [0, 0.05) is 57.6 Å². The van der Waals surface area contributed by atoms with Gasteiger partial charge < -0.3 is 15.0 Å². The summed E-state index contributed by atoms with van der Waals surface area (Å²) in [7, 11) is 0. The van der Waals surface area contributed by atoms with Gasteiger partial charge in [-0.05, 0) is 69.6 Å². The van der Waals surface area contributed by atoms with Crippen molar-refractivity contribution in [2.75, 3.05) is 6.54 Å². The fraction of sp³-hybridized carbons (Fsp3) is 0.690. The lowest BCUT2D eigenvalue weighted by molar-refractivity contribution is -0.130. The maximum absolute atomic E-state index is 13.7. The van der Waals surface area contributed by atoms with Gasteiger partial charge in [-0.15, -0.1) is 10.2 Å². The summed E-state index contributed by atoms with van der Waals surface area (Å²) in [5, 5.41) is 21.1. The third kappa shape index (κ3) is 5.72. The molecular weight excluding hydrogens is 488 g/mol. The summed E-state index contributed by atoms with van der Waals surface area (Å²) in [4.78, 5) is 15.6. The summed E-state index contributed by atoms with van der Waals surface area (Å²) in [6.45, 7) is -3.15. The van der Waals surface area contributed by atoms with Crippen molar-refractivity contribution in [1.82, 2.24) is 25.0 Å². The van der Waals surface area contributed by atoms with Gasteiger partial charge in [-0.25, -0.2) is 8.78 Å². The van der Waals surface area contributed by atoms with E-state index >= 15 is 0 Å². The monoisotopic (exact) mass is 535 g/mol. The largest absolute Gasteiger partial charge is 0.508 e. The van der Waals surface area contributed by atoms with E-state index in [2.05, 4.69) is 20.4 Å². The van der Waals surface area contributed by atoms with Crippen LogP contribution in [0.15, 0.2) is 24.3 Å².